The fourth-order valence-electron chi connectivity index (χ4n) is 3.12. The van der Waals surface area contributed by atoms with E-state index in [4.69, 9.17) is 0 Å². The van der Waals surface area contributed by atoms with Crippen LogP contribution in [-0.4, -0.2) is 55.3 Å². The summed E-state index contributed by atoms with van der Waals surface area (Å²) in [5, 5.41) is 5.16. The minimum Gasteiger partial charge on any atom is -0.354 e. The molecule has 0 unspecified atom stereocenters. The van der Waals surface area contributed by atoms with Gasteiger partial charge in [0.25, 0.3) is 0 Å². The molecule has 6 heteroatoms. The van der Waals surface area contributed by atoms with Gasteiger partial charge in [-0.05, 0) is 38.4 Å². The highest BCUT2D eigenvalue weighted by molar-refractivity contribution is 7.10. The van der Waals surface area contributed by atoms with Crippen molar-refractivity contribution in [3.8, 4) is 0 Å². The van der Waals surface area contributed by atoms with Gasteiger partial charge in [0.2, 0.25) is 11.8 Å². The Hall–Kier alpha value is -1.40. The van der Waals surface area contributed by atoms with E-state index >= 15 is 0 Å². The summed E-state index contributed by atoms with van der Waals surface area (Å²) in [6, 6.07) is 4.32. The van der Waals surface area contributed by atoms with E-state index in [1.807, 2.05) is 38.9 Å². The highest BCUT2D eigenvalue weighted by Crippen LogP contribution is 2.23. The summed E-state index contributed by atoms with van der Waals surface area (Å²) in [6.07, 6.45) is 1.76. The number of carbonyl (C=O) groups is 2. The first-order chi connectivity index (χ1) is 11.4. The lowest BCUT2D eigenvalue weighted by Crippen LogP contribution is -2.47. The normalized spacial score (nSPS) is 19.6. The Bertz CT molecular complexity index is 542. The average Bonchev–Trinajstić information content (AvgIpc) is 3.08. The van der Waals surface area contributed by atoms with Gasteiger partial charge in [-0.3, -0.25) is 9.59 Å². The van der Waals surface area contributed by atoms with Crippen molar-refractivity contribution >= 4 is 23.2 Å². The third-order valence-electron chi connectivity index (χ3n) is 4.56. The van der Waals surface area contributed by atoms with Crippen molar-refractivity contribution in [2.75, 3.05) is 33.7 Å². The number of nitrogens with one attached hydrogen (secondary N) is 1. The van der Waals surface area contributed by atoms with Crippen molar-refractivity contribution in [3.63, 3.8) is 0 Å². The molecule has 1 aromatic heterocycles. The first-order valence-electron chi connectivity index (χ1n) is 8.66. The molecule has 0 aliphatic carbocycles. The highest BCUT2D eigenvalue weighted by Gasteiger charge is 2.29. The average molecular weight is 352 g/mol. The molecule has 5 nitrogen and oxygen atoms in total. The number of amides is 2. The maximum absolute atomic E-state index is 12.6. The van der Waals surface area contributed by atoms with Gasteiger partial charge in [-0.15, -0.1) is 11.3 Å². The Balaban J connectivity index is 1.90. The first kappa shape index (κ1) is 18.9. The van der Waals surface area contributed by atoms with Crippen LogP contribution in [0.2, 0.25) is 0 Å². The quantitative estimate of drug-likeness (QED) is 0.856. The number of likely N-dealkylation sites (tertiary alicyclic amines) is 1. The summed E-state index contributed by atoms with van der Waals surface area (Å²) in [6.45, 7) is 5.75. The predicted molar refractivity (Wildman–Crippen MR) is 97.9 cm³/mol. The first-order valence-corrected chi connectivity index (χ1v) is 9.54. The number of rotatable bonds is 6. The summed E-state index contributed by atoms with van der Waals surface area (Å²) in [7, 11) is 4.06. The third kappa shape index (κ3) is 4.80. The Kier molecular flexibility index (Phi) is 6.80. The number of thiophene rings is 1. The topological polar surface area (TPSA) is 52.7 Å². The minimum atomic E-state index is -0.0902. The lowest BCUT2D eigenvalue weighted by molar-refractivity contribution is -0.138. The summed E-state index contributed by atoms with van der Waals surface area (Å²) in [5.41, 5.74) is 0. The lowest BCUT2D eigenvalue weighted by Gasteiger charge is -2.33. The van der Waals surface area contributed by atoms with E-state index in [1.54, 1.807) is 11.3 Å². The second-order valence-corrected chi connectivity index (χ2v) is 8.00. The zero-order valence-electron chi connectivity index (χ0n) is 15.1. The number of likely N-dealkylation sites (N-methyl/N-ethyl adjacent to an activating group) is 1. The molecule has 24 heavy (non-hydrogen) atoms. The number of piperidine rings is 1. The van der Waals surface area contributed by atoms with Crippen molar-refractivity contribution in [2.24, 2.45) is 11.8 Å². The van der Waals surface area contributed by atoms with Crippen LogP contribution in [0.25, 0.3) is 0 Å². The second-order valence-electron chi connectivity index (χ2n) is 7.02. The van der Waals surface area contributed by atoms with Crippen molar-refractivity contribution in [2.45, 2.75) is 32.7 Å². The van der Waals surface area contributed by atoms with E-state index in [0.29, 0.717) is 13.1 Å². The van der Waals surface area contributed by atoms with Crippen molar-refractivity contribution in [1.29, 1.82) is 0 Å². The van der Waals surface area contributed by atoms with Gasteiger partial charge in [0.05, 0.1) is 12.0 Å². The van der Waals surface area contributed by atoms with Gasteiger partial charge in [-0.25, -0.2) is 0 Å². The molecule has 0 spiro atoms. The molecule has 1 saturated heterocycles. The SMILES string of the molecule is CC(C)C(=O)N1CCC[C@@H](C(=O)NC[C@@H](c2cccs2)N(C)C)C1. The van der Waals surface area contributed by atoms with Crippen LogP contribution in [0.15, 0.2) is 17.5 Å². The molecular formula is C18H29N3O2S. The summed E-state index contributed by atoms with van der Waals surface area (Å²) in [4.78, 5) is 30.0. The standard InChI is InChI=1S/C18H29N3O2S/c1-13(2)18(23)21-9-5-7-14(12-21)17(22)19-11-15(20(3)4)16-8-6-10-24-16/h6,8,10,13-15H,5,7,9,11-12H2,1-4H3,(H,19,22)/t14-,15+/m1/s1. The van der Waals surface area contributed by atoms with Crippen molar-refractivity contribution in [3.05, 3.63) is 22.4 Å². The molecule has 1 aliphatic heterocycles. The van der Waals surface area contributed by atoms with E-state index in [-0.39, 0.29) is 29.7 Å². The molecule has 2 rings (SSSR count). The third-order valence-corrected chi connectivity index (χ3v) is 5.54. The van der Waals surface area contributed by atoms with Crippen LogP contribution in [0.4, 0.5) is 0 Å². The predicted octanol–water partition coefficient (Wildman–Crippen LogP) is 2.36. The Morgan fingerprint density at radius 3 is 2.75 bits per heavy atom. The maximum atomic E-state index is 12.6. The lowest BCUT2D eigenvalue weighted by atomic mass is 9.96. The van der Waals surface area contributed by atoms with Crippen LogP contribution >= 0.6 is 11.3 Å². The largest absolute Gasteiger partial charge is 0.354 e. The van der Waals surface area contributed by atoms with Gasteiger partial charge in [-0.1, -0.05) is 19.9 Å². The van der Waals surface area contributed by atoms with Crippen LogP contribution < -0.4 is 5.32 Å². The molecule has 0 radical (unpaired) electrons. The van der Waals surface area contributed by atoms with Gasteiger partial charge in [-0.2, -0.15) is 0 Å². The summed E-state index contributed by atoms with van der Waals surface area (Å²) >= 11 is 1.71. The van der Waals surface area contributed by atoms with Gasteiger partial charge in [0.15, 0.2) is 0 Å². The molecule has 1 N–H and O–H groups in total. The Morgan fingerprint density at radius 2 is 2.17 bits per heavy atom. The molecular weight excluding hydrogens is 322 g/mol. The van der Waals surface area contributed by atoms with Gasteiger partial charge >= 0.3 is 0 Å². The fraction of sp³-hybridized carbons (Fsp3) is 0.667. The van der Waals surface area contributed by atoms with Crippen molar-refractivity contribution in [1.82, 2.24) is 15.1 Å². The number of carbonyl (C=O) groups excluding carboxylic acids is 2. The van der Waals surface area contributed by atoms with E-state index in [1.165, 1.54) is 4.88 Å². The van der Waals surface area contributed by atoms with Gasteiger partial charge < -0.3 is 15.1 Å². The van der Waals surface area contributed by atoms with E-state index in [2.05, 4.69) is 21.7 Å². The number of hydrogen-bond acceptors (Lipinski definition) is 4. The molecule has 0 bridgehead atoms. The number of hydrogen-bond donors (Lipinski definition) is 1. The Morgan fingerprint density at radius 1 is 1.42 bits per heavy atom. The van der Waals surface area contributed by atoms with Crippen LogP contribution in [-0.2, 0) is 9.59 Å². The molecule has 1 aromatic rings. The molecule has 134 valence electrons. The second kappa shape index (κ2) is 8.62. The molecule has 2 heterocycles. The van der Waals surface area contributed by atoms with Gasteiger partial charge in [0, 0.05) is 30.4 Å². The zero-order valence-corrected chi connectivity index (χ0v) is 15.9. The van der Waals surface area contributed by atoms with Crippen molar-refractivity contribution < 1.29 is 9.59 Å². The molecule has 0 aromatic carbocycles. The zero-order chi connectivity index (χ0) is 17.7. The highest BCUT2D eigenvalue weighted by atomic mass is 32.1. The minimum absolute atomic E-state index is 0.0104. The van der Waals surface area contributed by atoms with Gasteiger partial charge in [0.1, 0.15) is 0 Å². The summed E-state index contributed by atoms with van der Waals surface area (Å²) in [5.74, 6) is 0.119. The summed E-state index contributed by atoms with van der Waals surface area (Å²) < 4.78 is 0. The van der Waals surface area contributed by atoms with Crippen LogP contribution in [0.1, 0.15) is 37.6 Å². The van der Waals surface area contributed by atoms with Crippen LogP contribution in [0.5, 0.6) is 0 Å². The molecule has 1 fully saturated rings. The van der Waals surface area contributed by atoms with Crippen LogP contribution in [0.3, 0.4) is 0 Å². The number of nitrogens with zero attached hydrogens (tertiary/aromatic N) is 2. The van der Waals surface area contributed by atoms with E-state index < -0.39 is 0 Å². The van der Waals surface area contributed by atoms with Crippen LogP contribution in [0, 0.1) is 11.8 Å². The molecule has 1 aliphatic rings. The maximum Gasteiger partial charge on any atom is 0.225 e. The molecule has 0 saturated carbocycles. The van der Waals surface area contributed by atoms with E-state index in [9.17, 15) is 9.59 Å². The smallest absolute Gasteiger partial charge is 0.225 e. The molecule has 2 atom stereocenters. The fourth-order valence-corrected chi connectivity index (χ4v) is 4.04. The van der Waals surface area contributed by atoms with E-state index in [0.717, 1.165) is 19.4 Å². The molecule has 2 amide bonds. The monoisotopic (exact) mass is 351 g/mol. The Labute approximate surface area is 149 Å².